The van der Waals surface area contributed by atoms with E-state index in [0.717, 1.165) is 19.3 Å². The summed E-state index contributed by atoms with van der Waals surface area (Å²) in [6.45, 7) is 1.96. The van der Waals surface area contributed by atoms with Crippen molar-refractivity contribution < 1.29 is 18.0 Å². The monoisotopic (exact) mass is 222 g/mol. The van der Waals surface area contributed by atoms with Gasteiger partial charge in [0, 0.05) is 18.8 Å². The molecule has 1 aliphatic carbocycles. The summed E-state index contributed by atoms with van der Waals surface area (Å²) in [6.07, 6.45) is -1.98. The van der Waals surface area contributed by atoms with Crippen molar-refractivity contribution in [3.05, 3.63) is 0 Å². The molecule has 1 rings (SSSR count). The molecule has 0 aliphatic heterocycles. The minimum absolute atomic E-state index is 0.0399. The van der Waals surface area contributed by atoms with Crippen molar-refractivity contribution >= 4 is 5.78 Å². The molecule has 4 heteroatoms. The van der Waals surface area contributed by atoms with Crippen LogP contribution < -0.4 is 0 Å². The zero-order valence-corrected chi connectivity index (χ0v) is 8.94. The Labute approximate surface area is 88.0 Å². The van der Waals surface area contributed by atoms with E-state index in [0.29, 0.717) is 6.42 Å². The van der Waals surface area contributed by atoms with Crippen LogP contribution in [0.3, 0.4) is 0 Å². The Bertz CT molecular complexity index is 222. The second-order valence-corrected chi connectivity index (χ2v) is 4.37. The van der Waals surface area contributed by atoms with E-state index >= 15 is 0 Å². The molecule has 1 saturated carbocycles. The van der Waals surface area contributed by atoms with Crippen molar-refractivity contribution in [1.82, 2.24) is 0 Å². The predicted molar refractivity (Wildman–Crippen MR) is 51.4 cm³/mol. The third-order valence-electron chi connectivity index (χ3n) is 3.20. The third kappa shape index (κ3) is 4.22. The normalized spacial score (nSPS) is 28.1. The maximum absolute atomic E-state index is 12.0. The number of Topliss-reactive ketones (excluding diaryl/α,β-unsaturated/α-hetero) is 1. The second kappa shape index (κ2) is 4.99. The van der Waals surface area contributed by atoms with Gasteiger partial charge in [0.15, 0.2) is 0 Å². The minimum Gasteiger partial charge on any atom is -0.299 e. The molecular formula is C11H17F3O. The minimum atomic E-state index is -4.08. The van der Waals surface area contributed by atoms with Gasteiger partial charge in [0.05, 0.1) is 0 Å². The van der Waals surface area contributed by atoms with Gasteiger partial charge in [-0.2, -0.15) is 13.2 Å². The zero-order chi connectivity index (χ0) is 11.5. The Morgan fingerprint density at radius 1 is 1.33 bits per heavy atom. The van der Waals surface area contributed by atoms with Crippen LogP contribution in [0.1, 0.15) is 45.4 Å². The summed E-state index contributed by atoms with van der Waals surface area (Å²) in [5.41, 5.74) is 0. The van der Waals surface area contributed by atoms with Crippen LogP contribution in [0, 0.1) is 11.8 Å². The van der Waals surface area contributed by atoms with E-state index in [9.17, 15) is 18.0 Å². The van der Waals surface area contributed by atoms with Gasteiger partial charge in [0.2, 0.25) is 0 Å². The van der Waals surface area contributed by atoms with Crippen molar-refractivity contribution in [3.8, 4) is 0 Å². The molecule has 0 aromatic rings. The van der Waals surface area contributed by atoms with Crippen molar-refractivity contribution in [2.75, 3.05) is 0 Å². The van der Waals surface area contributed by atoms with E-state index in [2.05, 4.69) is 0 Å². The summed E-state index contributed by atoms with van der Waals surface area (Å²) in [5.74, 6) is 0.227. The zero-order valence-electron chi connectivity index (χ0n) is 8.94. The number of alkyl halides is 3. The molecule has 1 fully saturated rings. The summed E-state index contributed by atoms with van der Waals surface area (Å²) in [4.78, 5) is 11.5. The van der Waals surface area contributed by atoms with Gasteiger partial charge in [-0.05, 0) is 31.6 Å². The number of carbonyl (C=O) groups is 1. The molecular weight excluding hydrogens is 205 g/mol. The standard InChI is InChI=1S/C11H17F3O/c1-2-9-4-3-8(7-10(9)15)5-6-11(12,13)14/h8-9H,2-7H2,1H3. The Hall–Kier alpha value is -0.540. The lowest BCUT2D eigenvalue weighted by Crippen LogP contribution is -2.25. The SMILES string of the molecule is CCC1CCC(CCC(F)(F)F)CC1=O. The summed E-state index contributed by atoms with van der Waals surface area (Å²) in [5, 5.41) is 0. The van der Waals surface area contributed by atoms with Gasteiger partial charge in [-0.1, -0.05) is 6.92 Å². The van der Waals surface area contributed by atoms with Crippen LogP contribution >= 0.6 is 0 Å². The molecule has 0 saturated heterocycles. The third-order valence-corrected chi connectivity index (χ3v) is 3.20. The quantitative estimate of drug-likeness (QED) is 0.711. The fourth-order valence-electron chi connectivity index (χ4n) is 2.20. The fourth-order valence-corrected chi connectivity index (χ4v) is 2.20. The molecule has 0 amide bonds. The van der Waals surface area contributed by atoms with Crippen LogP contribution in [0.2, 0.25) is 0 Å². The van der Waals surface area contributed by atoms with E-state index < -0.39 is 12.6 Å². The van der Waals surface area contributed by atoms with Crippen LogP contribution in [0.25, 0.3) is 0 Å². The van der Waals surface area contributed by atoms with Crippen molar-refractivity contribution in [2.45, 2.75) is 51.6 Å². The molecule has 0 bridgehead atoms. The number of hydrogen-bond acceptors (Lipinski definition) is 1. The summed E-state index contributed by atoms with van der Waals surface area (Å²) >= 11 is 0. The van der Waals surface area contributed by atoms with Crippen molar-refractivity contribution in [1.29, 1.82) is 0 Å². The first-order valence-electron chi connectivity index (χ1n) is 5.52. The summed E-state index contributed by atoms with van der Waals surface area (Å²) < 4.78 is 35.9. The summed E-state index contributed by atoms with van der Waals surface area (Å²) in [6, 6.07) is 0. The number of carbonyl (C=O) groups excluding carboxylic acids is 1. The molecule has 0 aromatic carbocycles. The molecule has 1 nitrogen and oxygen atoms in total. The Morgan fingerprint density at radius 2 is 2.00 bits per heavy atom. The van der Waals surface area contributed by atoms with Crippen molar-refractivity contribution in [3.63, 3.8) is 0 Å². The van der Waals surface area contributed by atoms with E-state index in [1.165, 1.54) is 0 Å². The maximum atomic E-state index is 12.0. The van der Waals surface area contributed by atoms with Crippen molar-refractivity contribution in [2.24, 2.45) is 11.8 Å². The Kier molecular flexibility index (Phi) is 4.17. The Morgan fingerprint density at radius 3 is 2.47 bits per heavy atom. The first-order chi connectivity index (χ1) is 6.92. The maximum Gasteiger partial charge on any atom is 0.389 e. The molecule has 15 heavy (non-hydrogen) atoms. The molecule has 0 aromatic heterocycles. The first-order valence-corrected chi connectivity index (χ1v) is 5.52. The highest BCUT2D eigenvalue weighted by Gasteiger charge is 2.32. The van der Waals surface area contributed by atoms with Gasteiger partial charge in [0.1, 0.15) is 5.78 Å². The largest absolute Gasteiger partial charge is 0.389 e. The van der Waals surface area contributed by atoms with Gasteiger partial charge in [-0.15, -0.1) is 0 Å². The van der Waals surface area contributed by atoms with Crippen LogP contribution in [0.15, 0.2) is 0 Å². The molecule has 0 N–H and O–H groups in total. The van der Waals surface area contributed by atoms with Crippen LogP contribution in [-0.4, -0.2) is 12.0 Å². The smallest absolute Gasteiger partial charge is 0.299 e. The highest BCUT2D eigenvalue weighted by molar-refractivity contribution is 5.81. The number of halogens is 3. The predicted octanol–water partition coefficient (Wildman–Crippen LogP) is 3.72. The number of rotatable bonds is 3. The molecule has 2 unspecified atom stereocenters. The van der Waals surface area contributed by atoms with Gasteiger partial charge < -0.3 is 0 Å². The number of ketones is 1. The lowest BCUT2D eigenvalue weighted by Gasteiger charge is -2.26. The molecule has 0 heterocycles. The second-order valence-electron chi connectivity index (χ2n) is 4.37. The lowest BCUT2D eigenvalue weighted by molar-refractivity contribution is -0.140. The molecule has 0 spiro atoms. The molecule has 88 valence electrons. The lowest BCUT2D eigenvalue weighted by atomic mass is 9.78. The van der Waals surface area contributed by atoms with Gasteiger partial charge in [0.25, 0.3) is 0 Å². The van der Waals surface area contributed by atoms with Gasteiger partial charge in [-0.3, -0.25) is 4.79 Å². The fraction of sp³-hybridized carbons (Fsp3) is 0.909. The summed E-state index contributed by atoms with van der Waals surface area (Å²) in [7, 11) is 0. The highest BCUT2D eigenvalue weighted by Crippen LogP contribution is 2.33. The van der Waals surface area contributed by atoms with E-state index in [-0.39, 0.29) is 24.0 Å². The van der Waals surface area contributed by atoms with E-state index in [1.54, 1.807) is 0 Å². The van der Waals surface area contributed by atoms with Gasteiger partial charge >= 0.3 is 6.18 Å². The van der Waals surface area contributed by atoms with Crippen LogP contribution in [-0.2, 0) is 4.79 Å². The average Bonchev–Trinajstić information content (AvgIpc) is 2.14. The van der Waals surface area contributed by atoms with E-state index in [1.807, 2.05) is 6.92 Å². The molecule has 0 radical (unpaired) electrons. The topological polar surface area (TPSA) is 17.1 Å². The average molecular weight is 222 g/mol. The van der Waals surface area contributed by atoms with Gasteiger partial charge in [-0.25, -0.2) is 0 Å². The highest BCUT2D eigenvalue weighted by atomic mass is 19.4. The number of hydrogen-bond donors (Lipinski definition) is 0. The Balaban J connectivity index is 2.32. The van der Waals surface area contributed by atoms with E-state index in [4.69, 9.17) is 0 Å². The first kappa shape index (κ1) is 12.5. The van der Waals surface area contributed by atoms with Crippen LogP contribution in [0.4, 0.5) is 13.2 Å². The molecule has 1 aliphatic rings. The van der Waals surface area contributed by atoms with Crippen LogP contribution in [0.5, 0.6) is 0 Å². The molecule has 2 atom stereocenters.